The van der Waals surface area contributed by atoms with Gasteiger partial charge in [0.2, 0.25) is 0 Å². The van der Waals surface area contributed by atoms with Gasteiger partial charge in [-0.15, -0.1) is 0 Å². The Balaban J connectivity index is 2.28. The van der Waals surface area contributed by atoms with Crippen molar-refractivity contribution in [2.75, 3.05) is 13.1 Å². The van der Waals surface area contributed by atoms with Gasteiger partial charge in [-0.25, -0.2) is 0 Å². The first-order valence-electron chi connectivity index (χ1n) is 7.76. The van der Waals surface area contributed by atoms with Gasteiger partial charge in [-0.2, -0.15) is 0 Å². The molecule has 1 saturated heterocycles. The number of piperidine rings is 1. The zero-order chi connectivity index (χ0) is 17.1. The monoisotopic (exact) mass is 339 g/mol. The van der Waals surface area contributed by atoms with Crippen LogP contribution in [0.2, 0.25) is 5.02 Å². The predicted molar refractivity (Wildman–Crippen MR) is 88.0 cm³/mol. The summed E-state index contributed by atoms with van der Waals surface area (Å²) in [5, 5.41) is 9.71. The zero-order valence-corrected chi connectivity index (χ0v) is 14.3. The average molecular weight is 340 g/mol. The van der Waals surface area contributed by atoms with E-state index in [4.69, 9.17) is 16.3 Å². The summed E-state index contributed by atoms with van der Waals surface area (Å²) in [6.45, 7) is 6.47. The average Bonchev–Trinajstić information content (AvgIpc) is 2.47. The molecule has 1 aromatic rings. The molecule has 0 radical (unpaired) electrons. The van der Waals surface area contributed by atoms with Gasteiger partial charge < -0.3 is 14.7 Å². The Labute approximate surface area is 141 Å². The van der Waals surface area contributed by atoms with Gasteiger partial charge in [0, 0.05) is 18.1 Å². The molecule has 0 aliphatic carbocycles. The van der Waals surface area contributed by atoms with E-state index < -0.39 is 11.9 Å². The van der Waals surface area contributed by atoms with E-state index >= 15 is 0 Å². The van der Waals surface area contributed by atoms with Crippen LogP contribution < -0.4 is 4.74 Å². The third kappa shape index (κ3) is 4.38. The number of benzene rings is 1. The van der Waals surface area contributed by atoms with Crippen LogP contribution in [0.15, 0.2) is 18.2 Å². The standard InChI is InChI=1S/C17H22ClNO4/c1-10(2)23-15-5-4-13(18)7-14(15)16(20)19-8-11(3)6-12(9-19)17(21)22/h4-5,7,10-12H,6,8-9H2,1-3H3,(H,21,22). The van der Waals surface area contributed by atoms with Crippen molar-refractivity contribution in [2.24, 2.45) is 11.8 Å². The number of likely N-dealkylation sites (tertiary alicyclic amines) is 1. The second-order valence-electron chi connectivity index (χ2n) is 6.39. The zero-order valence-electron chi connectivity index (χ0n) is 13.6. The second-order valence-corrected chi connectivity index (χ2v) is 6.83. The highest BCUT2D eigenvalue weighted by molar-refractivity contribution is 6.31. The fourth-order valence-electron chi connectivity index (χ4n) is 2.89. The Hall–Kier alpha value is -1.75. The lowest BCUT2D eigenvalue weighted by atomic mass is 9.90. The van der Waals surface area contributed by atoms with Crippen molar-refractivity contribution in [3.8, 4) is 5.75 Å². The van der Waals surface area contributed by atoms with Crippen LogP contribution in [0.3, 0.4) is 0 Å². The van der Waals surface area contributed by atoms with E-state index in [0.29, 0.717) is 29.3 Å². The normalized spacial score (nSPS) is 21.3. The van der Waals surface area contributed by atoms with Gasteiger partial charge in [0.15, 0.2) is 0 Å². The van der Waals surface area contributed by atoms with Crippen LogP contribution in [0.4, 0.5) is 0 Å². The number of hydrogen-bond donors (Lipinski definition) is 1. The summed E-state index contributed by atoms with van der Waals surface area (Å²) >= 11 is 6.02. The van der Waals surface area contributed by atoms with Gasteiger partial charge in [-0.05, 0) is 44.4 Å². The van der Waals surface area contributed by atoms with Crippen LogP contribution in [0.1, 0.15) is 37.6 Å². The minimum absolute atomic E-state index is 0.0743. The molecule has 6 heteroatoms. The lowest BCUT2D eigenvalue weighted by Gasteiger charge is -2.35. The number of hydrogen-bond acceptors (Lipinski definition) is 3. The van der Waals surface area contributed by atoms with Crippen molar-refractivity contribution >= 4 is 23.5 Å². The Bertz CT molecular complexity index is 602. The first kappa shape index (κ1) is 17.6. The molecule has 1 amide bonds. The van der Waals surface area contributed by atoms with E-state index in [1.165, 1.54) is 0 Å². The molecule has 0 bridgehead atoms. The number of nitrogens with zero attached hydrogens (tertiary/aromatic N) is 1. The van der Waals surface area contributed by atoms with Gasteiger partial charge in [-0.1, -0.05) is 18.5 Å². The van der Waals surface area contributed by atoms with Crippen molar-refractivity contribution < 1.29 is 19.4 Å². The number of ether oxygens (including phenoxy) is 1. The predicted octanol–water partition coefficient (Wildman–Crippen LogP) is 3.31. The molecule has 1 heterocycles. The number of carbonyl (C=O) groups excluding carboxylic acids is 1. The maximum absolute atomic E-state index is 12.9. The molecule has 2 rings (SSSR count). The highest BCUT2D eigenvalue weighted by Crippen LogP contribution is 2.28. The molecule has 1 aliphatic heterocycles. The van der Waals surface area contributed by atoms with Crippen LogP contribution in [0.25, 0.3) is 0 Å². The maximum atomic E-state index is 12.9. The van der Waals surface area contributed by atoms with E-state index in [9.17, 15) is 14.7 Å². The molecule has 2 unspecified atom stereocenters. The summed E-state index contributed by atoms with van der Waals surface area (Å²) in [6.07, 6.45) is 0.513. The van der Waals surface area contributed by atoms with Crippen LogP contribution in [-0.4, -0.2) is 41.1 Å². The van der Waals surface area contributed by atoms with Gasteiger partial charge in [0.25, 0.3) is 5.91 Å². The van der Waals surface area contributed by atoms with Gasteiger partial charge in [0.1, 0.15) is 5.75 Å². The molecule has 1 N–H and O–H groups in total. The lowest BCUT2D eigenvalue weighted by molar-refractivity contribution is -0.143. The van der Waals surface area contributed by atoms with Crippen molar-refractivity contribution in [1.29, 1.82) is 0 Å². The number of carbonyl (C=O) groups is 2. The topological polar surface area (TPSA) is 66.8 Å². The summed E-state index contributed by atoms with van der Waals surface area (Å²) in [6, 6.07) is 4.93. The van der Waals surface area contributed by atoms with E-state index in [-0.39, 0.29) is 24.5 Å². The molecule has 0 aromatic heterocycles. The highest BCUT2D eigenvalue weighted by atomic mass is 35.5. The summed E-state index contributed by atoms with van der Waals surface area (Å²) in [5.74, 6) is -1.02. The number of carboxylic acid groups (broad SMARTS) is 1. The number of carboxylic acids is 1. The molecule has 1 aliphatic rings. The van der Waals surface area contributed by atoms with Gasteiger partial charge in [0.05, 0.1) is 17.6 Å². The van der Waals surface area contributed by atoms with Gasteiger partial charge in [-0.3, -0.25) is 9.59 Å². The number of aliphatic carboxylic acids is 1. The van der Waals surface area contributed by atoms with Gasteiger partial charge >= 0.3 is 5.97 Å². The molecule has 126 valence electrons. The maximum Gasteiger partial charge on any atom is 0.308 e. The van der Waals surface area contributed by atoms with E-state index in [2.05, 4.69) is 0 Å². The summed E-state index contributed by atoms with van der Waals surface area (Å²) < 4.78 is 5.69. The third-order valence-corrected chi connectivity index (χ3v) is 4.07. The SMILES string of the molecule is CC1CC(C(=O)O)CN(C(=O)c2cc(Cl)ccc2OC(C)C)C1. The minimum atomic E-state index is -0.862. The van der Waals surface area contributed by atoms with Crippen molar-refractivity contribution in [3.63, 3.8) is 0 Å². The van der Waals surface area contributed by atoms with Crippen LogP contribution >= 0.6 is 11.6 Å². The largest absolute Gasteiger partial charge is 0.490 e. The van der Waals surface area contributed by atoms with Crippen LogP contribution in [0, 0.1) is 11.8 Å². The number of amides is 1. The lowest BCUT2D eigenvalue weighted by Crippen LogP contribution is -2.45. The highest BCUT2D eigenvalue weighted by Gasteiger charge is 2.33. The molecular formula is C17H22ClNO4. The van der Waals surface area contributed by atoms with Crippen molar-refractivity contribution in [2.45, 2.75) is 33.3 Å². The fraction of sp³-hybridized carbons (Fsp3) is 0.529. The smallest absolute Gasteiger partial charge is 0.308 e. The summed E-state index contributed by atoms with van der Waals surface area (Å²) in [4.78, 5) is 25.7. The van der Waals surface area contributed by atoms with Crippen molar-refractivity contribution in [1.82, 2.24) is 4.90 Å². The Morgan fingerprint density at radius 2 is 2.04 bits per heavy atom. The fourth-order valence-corrected chi connectivity index (χ4v) is 3.06. The van der Waals surface area contributed by atoms with E-state index in [0.717, 1.165) is 0 Å². The number of rotatable bonds is 4. The van der Waals surface area contributed by atoms with Crippen LogP contribution in [-0.2, 0) is 4.79 Å². The summed E-state index contributed by atoms with van der Waals surface area (Å²) in [5.41, 5.74) is 0.379. The molecule has 1 fully saturated rings. The molecule has 5 nitrogen and oxygen atoms in total. The molecular weight excluding hydrogens is 318 g/mol. The Morgan fingerprint density at radius 3 is 2.65 bits per heavy atom. The molecule has 1 aromatic carbocycles. The molecule has 23 heavy (non-hydrogen) atoms. The number of halogens is 1. The molecule has 2 atom stereocenters. The Morgan fingerprint density at radius 1 is 1.35 bits per heavy atom. The van der Waals surface area contributed by atoms with E-state index in [1.807, 2.05) is 20.8 Å². The second kappa shape index (κ2) is 7.21. The van der Waals surface area contributed by atoms with E-state index in [1.54, 1.807) is 23.1 Å². The quantitative estimate of drug-likeness (QED) is 0.913. The summed E-state index contributed by atoms with van der Waals surface area (Å²) in [7, 11) is 0. The first-order valence-corrected chi connectivity index (χ1v) is 8.14. The molecule has 0 saturated carbocycles. The third-order valence-electron chi connectivity index (χ3n) is 3.83. The first-order chi connectivity index (χ1) is 10.8. The molecule has 0 spiro atoms. The Kier molecular flexibility index (Phi) is 5.52. The minimum Gasteiger partial charge on any atom is -0.490 e. The van der Waals surface area contributed by atoms with Crippen molar-refractivity contribution in [3.05, 3.63) is 28.8 Å². The van der Waals surface area contributed by atoms with Crippen LogP contribution in [0.5, 0.6) is 5.75 Å².